The van der Waals surface area contributed by atoms with Crippen molar-refractivity contribution in [1.29, 1.82) is 0 Å². The van der Waals surface area contributed by atoms with Crippen molar-refractivity contribution in [3.63, 3.8) is 0 Å². The van der Waals surface area contributed by atoms with Gasteiger partial charge in [-0.05, 0) is 35.4 Å². The van der Waals surface area contributed by atoms with Crippen LogP contribution in [0, 0.1) is 0 Å². The summed E-state index contributed by atoms with van der Waals surface area (Å²) in [6, 6.07) is 12.5. The molecule has 4 rings (SSSR count). The SMILES string of the molecule is O=c1[nH]c(O)c(Cc2ccc3oc(Cc4ccc(O)cc4)nc3c2)s1. The Hall–Kier alpha value is -3.06. The molecule has 4 aromatic rings. The van der Waals surface area contributed by atoms with E-state index < -0.39 is 0 Å². The Morgan fingerprint density at radius 2 is 1.80 bits per heavy atom. The number of thiazole rings is 1. The summed E-state index contributed by atoms with van der Waals surface area (Å²) in [5.41, 5.74) is 3.34. The molecule has 0 spiro atoms. The minimum atomic E-state index is -0.272. The fourth-order valence-electron chi connectivity index (χ4n) is 2.65. The zero-order chi connectivity index (χ0) is 17.4. The number of H-pyrrole nitrogens is 1. The third-order valence-electron chi connectivity index (χ3n) is 3.85. The molecular formula is C18H14N2O4S. The van der Waals surface area contributed by atoms with Crippen LogP contribution in [-0.4, -0.2) is 20.2 Å². The molecule has 0 atom stereocenters. The first-order valence-corrected chi connectivity index (χ1v) is 8.46. The normalized spacial score (nSPS) is 11.2. The third kappa shape index (κ3) is 3.27. The molecule has 0 fully saturated rings. The van der Waals surface area contributed by atoms with E-state index in [4.69, 9.17) is 4.42 Å². The Morgan fingerprint density at radius 1 is 1.04 bits per heavy atom. The van der Waals surface area contributed by atoms with Crippen LogP contribution >= 0.6 is 11.3 Å². The van der Waals surface area contributed by atoms with Crippen LogP contribution in [0.15, 0.2) is 51.7 Å². The lowest BCUT2D eigenvalue weighted by atomic mass is 10.1. The molecule has 0 bridgehead atoms. The Labute approximate surface area is 146 Å². The van der Waals surface area contributed by atoms with E-state index in [0.29, 0.717) is 29.2 Å². The number of hydrogen-bond donors (Lipinski definition) is 3. The monoisotopic (exact) mass is 354 g/mol. The van der Waals surface area contributed by atoms with E-state index in [1.165, 1.54) is 0 Å². The number of hydrogen-bond acceptors (Lipinski definition) is 6. The summed E-state index contributed by atoms with van der Waals surface area (Å²) >= 11 is 0.997. The van der Waals surface area contributed by atoms with Gasteiger partial charge in [-0.15, -0.1) is 0 Å². The first-order chi connectivity index (χ1) is 12.1. The number of fused-ring (bicyclic) bond motifs is 1. The molecule has 0 saturated carbocycles. The van der Waals surface area contributed by atoms with Gasteiger partial charge in [0.25, 0.3) is 0 Å². The lowest BCUT2D eigenvalue weighted by Crippen LogP contribution is -1.89. The van der Waals surface area contributed by atoms with Crippen molar-refractivity contribution in [2.24, 2.45) is 0 Å². The molecule has 0 aliphatic carbocycles. The highest BCUT2D eigenvalue weighted by Crippen LogP contribution is 2.24. The van der Waals surface area contributed by atoms with E-state index in [-0.39, 0.29) is 16.5 Å². The minimum absolute atomic E-state index is 0.0803. The molecular weight excluding hydrogens is 340 g/mol. The van der Waals surface area contributed by atoms with Crippen LogP contribution < -0.4 is 4.87 Å². The number of rotatable bonds is 4. The van der Waals surface area contributed by atoms with Gasteiger partial charge in [-0.2, -0.15) is 0 Å². The first kappa shape index (κ1) is 15.5. The van der Waals surface area contributed by atoms with Crippen LogP contribution in [0.3, 0.4) is 0 Å². The fourth-order valence-corrected chi connectivity index (χ4v) is 3.41. The second-order valence-electron chi connectivity index (χ2n) is 5.72. The van der Waals surface area contributed by atoms with Gasteiger partial charge in [-0.3, -0.25) is 9.78 Å². The Balaban J connectivity index is 1.59. The minimum Gasteiger partial charge on any atom is -0.508 e. The maximum absolute atomic E-state index is 11.3. The van der Waals surface area contributed by atoms with Crippen molar-refractivity contribution < 1.29 is 14.6 Å². The number of aromatic hydroxyl groups is 2. The average molecular weight is 354 g/mol. The summed E-state index contributed by atoms with van der Waals surface area (Å²) in [6.07, 6.45) is 0.982. The van der Waals surface area contributed by atoms with Crippen molar-refractivity contribution >= 4 is 22.4 Å². The standard InChI is InChI=1S/C18H14N2O4S/c21-12-4-1-10(2-5-12)9-16-19-13-7-11(3-6-14(13)24-16)8-15-17(22)20-18(23)25-15/h1-7,21-22H,8-9H2,(H,20,23). The Kier molecular flexibility index (Phi) is 3.77. The summed E-state index contributed by atoms with van der Waals surface area (Å²) in [6.45, 7) is 0. The number of phenolic OH excluding ortho intramolecular Hbond substituents is 1. The molecule has 0 unspecified atom stereocenters. The van der Waals surface area contributed by atoms with Gasteiger partial charge >= 0.3 is 4.87 Å². The highest BCUT2D eigenvalue weighted by atomic mass is 32.1. The van der Waals surface area contributed by atoms with Crippen molar-refractivity contribution in [2.75, 3.05) is 0 Å². The van der Waals surface area contributed by atoms with Crippen LogP contribution in [0.5, 0.6) is 11.6 Å². The molecule has 126 valence electrons. The number of phenols is 1. The van der Waals surface area contributed by atoms with Gasteiger partial charge in [0.1, 0.15) is 11.3 Å². The summed E-state index contributed by atoms with van der Waals surface area (Å²) in [5, 5.41) is 19.0. The summed E-state index contributed by atoms with van der Waals surface area (Å²) in [5.74, 6) is 0.733. The number of aromatic amines is 1. The number of benzene rings is 2. The lowest BCUT2D eigenvalue weighted by molar-refractivity contribution is 0.451. The van der Waals surface area contributed by atoms with Crippen LogP contribution in [0.2, 0.25) is 0 Å². The van der Waals surface area contributed by atoms with E-state index in [1.807, 2.05) is 30.3 Å². The smallest absolute Gasteiger partial charge is 0.307 e. The van der Waals surface area contributed by atoms with E-state index in [2.05, 4.69) is 9.97 Å². The quantitative estimate of drug-likeness (QED) is 0.523. The van der Waals surface area contributed by atoms with Crippen molar-refractivity contribution in [3.8, 4) is 11.6 Å². The van der Waals surface area contributed by atoms with Crippen LogP contribution in [-0.2, 0) is 12.8 Å². The van der Waals surface area contributed by atoms with Gasteiger partial charge in [-0.25, -0.2) is 4.98 Å². The second kappa shape index (κ2) is 6.10. The van der Waals surface area contributed by atoms with E-state index in [1.54, 1.807) is 12.1 Å². The predicted molar refractivity (Wildman–Crippen MR) is 94.3 cm³/mol. The third-order valence-corrected chi connectivity index (χ3v) is 4.72. The Bertz CT molecular complexity index is 1090. The molecule has 25 heavy (non-hydrogen) atoms. The zero-order valence-corrected chi connectivity index (χ0v) is 13.8. The second-order valence-corrected chi connectivity index (χ2v) is 6.78. The first-order valence-electron chi connectivity index (χ1n) is 7.64. The molecule has 2 heterocycles. The maximum Gasteiger partial charge on any atom is 0.307 e. The number of nitrogens with zero attached hydrogens (tertiary/aromatic N) is 1. The zero-order valence-electron chi connectivity index (χ0n) is 13.0. The molecule has 6 nitrogen and oxygen atoms in total. The highest BCUT2D eigenvalue weighted by molar-refractivity contribution is 7.09. The highest BCUT2D eigenvalue weighted by Gasteiger charge is 2.11. The summed E-state index contributed by atoms with van der Waals surface area (Å²) in [4.78, 5) is 18.5. The van der Waals surface area contributed by atoms with Gasteiger partial charge < -0.3 is 14.6 Å². The molecule has 0 aliphatic heterocycles. The van der Waals surface area contributed by atoms with Gasteiger partial charge in [0.05, 0.1) is 4.88 Å². The topological polar surface area (TPSA) is 99.4 Å². The summed E-state index contributed by atoms with van der Waals surface area (Å²) < 4.78 is 5.76. The van der Waals surface area contributed by atoms with Gasteiger partial charge in [0.15, 0.2) is 11.5 Å². The molecule has 0 aliphatic rings. The van der Waals surface area contributed by atoms with Crippen molar-refractivity contribution in [1.82, 2.24) is 9.97 Å². The predicted octanol–water partition coefficient (Wildman–Crippen LogP) is 3.17. The molecule has 0 saturated heterocycles. The number of aromatic nitrogens is 2. The summed E-state index contributed by atoms with van der Waals surface area (Å²) in [7, 11) is 0. The molecule has 0 amide bonds. The number of oxazole rings is 1. The fraction of sp³-hybridized carbons (Fsp3) is 0.111. The maximum atomic E-state index is 11.3. The molecule has 0 radical (unpaired) electrons. The van der Waals surface area contributed by atoms with E-state index in [0.717, 1.165) is 28.0 Å². The Morgan fingerprint density at radius 3 is 2.52 bits per heavy atom. The molecule has 2 aromatic carbocycles. The van der Waals surface area contributed by atoms with Gasteiger partial charge in [0.2, 0.25) is 5.88 Å². The molecule has 2 aromatic heterocycles. The largest absolute Gasteiger partial charge is 0.508 e. The van der Waals surface area contributed by atoms with Gasteiger partial charge in [-0.1, -0.05) is 29.5 Å². The number of nitrogens with one attached hydrogen (secondary N) is 1. The van der Waals surface area contributed by atoms with E-state index >= 15 is 0 Å². The van der Waals surface area contributed by atoms with E-state index in [9.17, 15) is 15.0 Å². The van der Waals surface area contributed by atoms with Crippen molar-refractivity contribution in [3.05, 3.63) is 74.0 Å². The lowest BCUT2D eigenvalue weighted by Gasteiger charge is -1.98. The molecule has 3 N–H and O–H groups in total. The van der Waals surface area contributed by atoms with Crippen LogP contribution in [0.1, 0.15) is 21.9 Å². The van der Waals surface area contributed by atoms with Crippen LogP contribution in [0.4, 0.5) is 0 Å². The van der Waals surface area contributed by atoms with Gasteiger partial charge in [0, 0.05) is 12.8 Å². The van der Waals surface area contributed by atoms with Crippen LogP contribution in [0.25, 0.3) is 11.1 Å². The average Bonchev–Trinajstić information content (AvgIpc) is 3.11. The molecule has 7 heteroatoms. The van der Waals surface area contributed by atoms with Crippen molar-refractivity contribution in [2.45, 2.75) is 12.8 Å².